The SMILES string of the molecule is CCCCN1C(=O)CCC(C(=O)NCc2ccon2)C1c1ccccc1OC. The molecule has 0 radical (unpaired) electrons. The van der Waals surface area contributed by atoms with Gasteiger partial charge in [-0.1, -0.05) is 36.7 Å². The van der Waals surface area contributed by atoms with Gasteiger partial charge >= 0.3 is 0 Å². The van der Waals surface area contributed by atoms with Gasteiger partial charge in [0.2, 0.25) is 11.8 Å². The van der Waals surface area contributed by atoms with Crippen LogP contribution < -0.4 is 10.1 Å². The summed E-state index contributed by atoms with van der Waals surface area (Å²) in [6.07, 6.45) is 4.23. The normalized spacial score (nSPS) is 19.5. The van der Waals surface area contributed by atoms with Crippen LogP contribution in [0.2, 0.25) is 0 Å². The van der Waals surface area contributed by atoms with Crippen molar-refractivity contribution in [2.24, 2.45) is 5.92 Å². The van der Waals surface area contributed by atoms with Crippen LogP contribution in [0.3, 0.4) is 0 Å². The number of piperidine rings is 1. The molecule has 1 aliphatic rings. The lowest BCUT2D eigenvalue weighted by Crippen LogP contribution is -2.48. The van der Waals surface area contributed by atoms with Gasteiger partial charge in [-0.25, -0.2) is 0 Å². The molecule has 2 aromatic rings. The largest absolute Gasteiger partial charge is 0.496 e. The first-order valence-electron chi connectivity index (χ1n) is 9.75. The lowest BCUT2D eigenvalue weighted by Gasteiger charge is -2.41. The van der Waals surface area contributed by atoms with E-state index in [2.05, 4.69) is 17.4 Å². The van der Waals surface area contributed by atoms with Crippen molar-refractivity contribution in [3.63, 3.8) is 0 Å². The molecule has 2 atom stereocenters. The summed E-state index contributed by atoms with van der Waals surface area (Å²) < 4.78 is 10.4. The van der Waals surface area contributed by atoms with Crippen LogP contribution in [0.1, 0.15) is 49.9 Å². The minimum atomic E-state index is -0.349. The molecule has 7 heteroatoms. The average molecular weight is 385 g/mol. The van der Waals surface area contributed by atoms with Crippen LogP contribution in [0.4, 0.5) is 0 Å². The lowest BCUT2D eigenvalue weighted by atomic mass is 9.83. The first-order valence-corrected chi connectivity index (χ1v) is 9.75. The topological polar surface area (TPSA) is 84.7 Å². The Morgan fingerprint density at radius 1 is 1.36 bits per heavy atom. The van der Waals surface area contributed by atoms with Crippen molar-refractivity contribution in [1.82, 2.24) is 15.4 Å². The Bertz CT molecular complexity index is 791. The van der Waals surface area contributed by atoms with E-state index in [9.17, 15) is 9.59 Å². The third-order valence-electron chi connectivity index (χ3n) is 5.19. The highest BCUT2D eigenvalue weighted by molar-refractivity contribution is 5.85. The maximum atomic E-state index is 13.1. The minimum Gasteiger partial charge on any atom is -0.496 e. The number of carbonyl (C=O) groups is 2. The van der Waals surface area contributed by atoms with Crippen LogP contribution >= 0.6 is 0 Å². The van der Waals surface area contributed by atoms with Crippen molar-refractivity contribution >= 4 is 11.8 Å². The smallest absolute Gasteiger partial charge is 0.225 e. The molecule has 1 saturated heterocycles. The predicted molar refractivity (Wildman–Crippen MR) is 103 cm³/mol. The number of likely N-dealkylation sites (tertiary alicyclic amines) is 1. The van der Waals surface area contributed by atoms with Crippen LogP contribution in [0.25, 0.3) is 0 Å². The van der Waals surface area contributed by atoms with E-state index in [0.717, 1.165) is 18.4 Å². The van der Waals surface area contributed by atoms with Gasteiger partial charge in [0, 0.05) is 24.6 Å². The first kappa shape index (κ1) is 19.9. The van der Waals surface area contributed by atoms with E-state index in [1.807, 2.05) is 29.2 Å². The fraction of sp³-hybridized carbons (Fsp3) is 0.476. The molecule has 1 aromatic carbocycles. The number of nitrogens with one attached hydrogen (secondary N) is 1. The maximum Gasteiger partial charge on any atom is 0.225 e. The molecule has 0 saturated carbocycles. The molecule has 2 unspecified atom stereocenters. The summed E-state index contributed by atoms with van der Waals surface area (Å²) >= 11 is 0. The standard InChI is InChI=1S/C21H27N3O4/c1-3-4-12-24-19(25)10-9-17(21(26)22-14-15-11-13-28-23-15)20(24)16-7-5-6-8-18(16)27-2/h5-8,11,13,17,20H,3-4,9-10,12,14H2,1-2H3,(H,22,26). The Balaban J connectivity index is 1.89. The van der Waals surface area contributed by atoms with Crippen molar-refractivity contribution in [2.75, 3.05) is 13.7 Å². The zero-order valence-electron chi connectivity index (χ0n) is 16.4. The zero-order chi connectivity index (χ0) is 19.9. The van der Waals surface area contributed by atoms with E-state index >= 15 is 0 Å². The second-order valence-electron chi connectivity index (χ2n) is 6.98. The Hall–Kier alpha value is -2.83. The van der Waals surface area contributed by atoms with Crippen molar-refractivity contribution in [2.45, 2.75) is 45.2 Å². The van der Waals surface area contributed by atoms with E-state index in [-0.39, 0.29) is 23.8 Å². The average Bonchev–Trinajstić information content (AvgIpc) is 3.24. The van der Waals surface area contributed by atoms with Crippen molar-refractivity contribution in [1.29, 1.82) is 0 Å². The second kappa shape index (κ2) is 9.39. The quantitative estimate of drug-likeness (QED) is 0.755. The predicted octanol–water partition coefficient (Wildman–Crippen LogP) is 3.08. The van der Waals surface area contributed by atoms with Gasteiger partial charge in [0.25, 0.3) is 0 Å². The number of rotatable bonds is 8. The van der Waals surface area contributed by atoms with Gasteiger partial charge in [-0.05, 0) is 18.9 Å². The molecule has 150 valence electrons. The highest BCUT2D eigenvalue weighted by atomic mass is 16.5. The van der Waals surface area contributed by atoms with Crippen molar-refractivity contribution < 1.29 is 18.8 Å². The first-order chi connectivity index (χ1) is 13.7. The van der Waals surface area contributed by atoms with Crippen molar-refractivity contribution in [3.05, 3.63) is 47.9 Å². The highest BCUT2D eigenvalue weighted by Gasteiger charge is 2.41. The molecular weight excluding hydrogens is 358 g/mol. The summed E-state index contributed by atoms with van der Waals surface area (Å²) in [4.78, 5) is 27.6. The lowest BCUT2D eigenvalue weighted by molar-refractivity contribution is -0.143. The molecule has 1 N–H and O–H groups in total. The van der Waals surface area contributed by atoms with Crippen LogP contribution in [0.5, 0.6) is 5.75 Å². The number of methoxy groups -OCH3 is 1. The number of nitrogens with zero attached hydrogens (tertiary/aromatic N) is 2. The van der Waals surface area contributed by atoms with E-state index in [4.69, 9.17) is 9.26 Å². The van der Waals surface area contributed by atoms with Crippen LogP contribution in [0.15, 0.2) is 41.1 Å². The van der Waals surface area contributed by atoms with Gasteiger partial charge in [-0.15, -0.1) is 0 Å². The monoisotopic (exact) mass is 385 g/mol. The van der Waals surface area contributed by atoms with E-state index in [1.54, 1.807) is 13.2 Å². The number of amides is 2. The van der Waals surface area contributed by atoms with Crippen LogP contribution in [-0.2, 0) is 16.1 Å². The molecule has 0 bridgehead atoms. The molecule has 2 amide bonds. The van der Waals surface area contributed by atoms with Gasteiger partial charge < -0.3 is 19.5 Å². The van der Waals surface area contributed by atoms with Gasteiger partial charge in [0.15, 0.2) is 0 Å². The van der Waals surface area contributed by atoms with Crippen LogP contribution in [0, 0.1) is 5.92 Å². The Kier molecular flexibility index (Phi) is 6.68. The van der Waals surface area contributed by atoms with Gasteiger partial charge in [-0.3, -0.25) is 9.59 Å². The second-order valence-corrected chi connectivity index (χ2v) is 6.98. The maximum absolute atomic E-state index is 13.1. The number of hydrogen-bond donors (Lipinski definition) is 1. The highest BCUT2D eigenvalue weighted by Crippen LogP contribution is 2.40. The molecule has 1 aromatic heterocycles. The minimum absolute atomic E-state index is 0.0879. The number of unbranched alkanes of at least 4 members (excludes halogenated alkanes) is 1. The Morgan fingerprint density at radius 2 is 2.18 bits per heavy atom. The molecule has 7 nitrogen and oxygen atoms in total. The molecule has 0 spiro atoms. The number of ether oxygens (including phenoxy) is 1. The summed E-state index contributed by atoms with van der Waals surface area (Å²) in [5.74, 6) is 0.341. The molecule has 3 rings (SSSR count). The molecular formula is C21H27N3O4. The molecule has 2 heterocycles. The zero-order valence-corrected chi connectivity index (χ0v) is 16.4. The number of para-hydroxylation sites is 1. The Labute approximate surface area is 165 Å². The third-order valence-corrected chi connectivity index (χ3v) is 5.19. The third kappa shape index (κ3) is 4.35. The fourth-order valence-corrected chi connectivity index (χ4v) is 3.75. The van der Waals surface area contributed by atoms with Gasteiger partial charge in [0.05, 0.1) is 25.6 Å². The number of aromatic nitrogens is 1. The van der Waals surface area contributed by atoms with Gasteiger partial charge in [0.1, 0.15) is 17.7 Å². The van der Waals surface area contributed by atoms with Gasteiger partial charge in [-0.2, -0.15) is 0 Å². The summed E-state index contributed by atoms with van der Waals surface area (Å²) in [7, 11) is 1.61. The molecule has 0 aliphatic carbocycles. The van der Waals surface area contributed by atoms with Crippen molar-refractivity contribution in [3.8, 4) is 5.75 Å². The van der Waals surface area contributed by atoms with E-state index in [0.29, 0.717) is 37.4 Å². The summed E-state index contributed by atoms with van der Waals surface area (Å²) in [5, 5.41) is 6.77. The number of carbonyl (C=O) groups excluding carboxylic acids is 2. The van der Waals surface area contributed by atoms with E-state index < -0.39 is 0 Å². The molecule has 28 heavy (non-hydrogen) atoms. The molecule has 1 aliphatic heterocycles. The van der Waals surface area contributed by atoms with E-state index in [1.165, 1.54) is 6.26 Å². The fourth-order valence-electron chi connectivity index (χ4n) is 3.75. The molecule has 1 fully saturated rings. The summed E-state index contributed by atoms with van der Waals surface area (Å²) in [5.41, 5.74) is 1.53. The summed E-state index contributed by atoms with van der Waals surface area (Å²) in [6, 6.07) is 9.00. The number of benzene rings is 1. The Morgan fingerprint density at radius 3 is 2.89 bits per heavy atom. The number of hydrogen-bond acceptors (Lipinski definition) is 5. The van der Waals surface area contributed by atoms with Crippen LogP contribution in [-0.4, -0.2) is 35.5 Å². The summed E-state index contributed by atoms with van der Waals surface area (Å²) in [6.45, 7) is 3.02.